The fourth-order valence-corrected chi connectivity index (χ4v) is 0.833. The number of esters is 2. The minimum atomic E-state index is -2.07. The molecular formula is C10H15FO4. The molecule has 0 N–H and O–H groups in total. The summed E-state index contributed by atoms with van der Waals surface area (Å²) < 4.78 is 22.2. The molecule has 1 fully saturated rings. The van der Waals surface area contributed by atoms with Crippen molar-refractivity contribution in [2.24, 2.45) is 5.92 Å². The minimum Gasteiger partial charge on any atom is -0.463 e. The first-order chi connectivity index (χ1) is 6.89. The molecule has 0 amide bonds. The maximum atomic E-state index is 12.9. The highest BCUT2D eigenvalue weighted by atomic mass is 19.1. The molecule has 0 aromatic rings. The van der Waals surface area contributed by atoms with E-state index < -0.39 is 24.2 Å². The van der Waals surface area contributed by atoms with E-state index in [9.17, 15) is 14.0 Å². The summed E-state index contributed by atoms with van der Waals surface area (Å²) >= 11 is 0. The molecule has 0 saturated heterocycles. The molecule has 4 nitrogen and oxygen atoms in total. The fourth-order valence-electron chi connectivity index (χ4n) is 0.833. The number of hydrogen-bond acceptors (Lipinski definition) is 4. The molecule has 1 rings (SSSR count). The van der Waals surface area contributed by atoms with E-state index in [1.165, 1.54) is 0 Å². The van der Waals surface area contributed by atoms with Crippen LogP contribution in [-0.2, 0) is 19.1 Å². The topological polar surface area (TPSA) is 52.6 Å². The van der Waals surface area contributed by atoms with E-state index >= 15 is 0 Å². The van der Waals surface area contributed by atoms with Crippen LogP contribution in [0.2, 0.25) is 0 Å². The molecule has 0 radical (unpaired) electrons. The average molecular weight is 218 g/mol. The predicted molar refractivity (Wildman–Crippen MR) is 49.8 cm³/mol. The van der Waals surface area contributed by atoms with E-state index in [0.717, 1.165) is 26.7 Å². The van der Waals surface area contributed by atoms with Gasteiger partial charge in [0.2, 0.25) is 5.67 Å². The molecule has 0 atom stereocenters. The summed E-state index contributed by atoms with van der Waals surface area (Å²) in [5.41, 5.74) is -2.07. The number of ether oxygens (including phenoxy) is 2. The van der Waals surface area contributed by atoms with Gasteiger partial charge in [0.1, 0.15) is 0 Å². The van der Waals surface area contributed by atoms with E-state index in [2.05, 4.69) is 4.74 Å². The number of rotatable bonds is 5. The normalized spacial score (nSPS) is 15.9. The van der Waals surface area contributed by atoms with Crippen LogP contribution in [0.1, 0.15) is 26.7 Å². The number of carbonyl (C=O) groups excluding carboxylic acids is 2. The number of alkyl halides is 1. The third-order valence-corrected chi connectivity index (χ3v) is 1.98. The van der Waals surface area contributed by atoms with Crippen molar-refractivity contribution in [2.45, 2.75) is 32.4 Å². The number of halogens is 1. The molecule has 0 aliphatic heterocycles. The quantitative estimate of drug-likeness (QED) is 0.651. The highest BCUT2D eigenvalue weighted by molar-refractivity contribution is 5.81. The number of hydrogen-bond donors (Lipinski definition) is 0. The molecule has 1 aliphatic rings. The zero-order chi connectivity index (χ0) is 11.5. The van der Waals surface area contributed by atoms with Crippen LogP contribution < -0.4 is 0 Å². The van der Waals surface area contributed by atoms with E-state index in [-0.39, 0.29) is 0 Å². The first-order valence-electron chi connectivity index (χ1n) is 4.91. The van der Waals surface area contributed by atoms with Crippen molar-refractivity contribution < 1.29 is 23.5 Å². The van der Waals surface area contributed by atoms with Crippen molar-refractivity contribution in [3.05, 3.63) is 0 Å². The molecular weight excluding hydrogens is 203 g/mol. The highest BCUT2D eigenvalue weighted by Crippen LogP contribution is 2.28. The first-order valence-corrected chi connectivity index (χ1v) is 4.91. The Kier molecular flexibility index (Phi) is 3.66. The van der Waals surface area contributed by atoms with Gasteiger partial charge in [-0.3, -0.25) is 0 Å². The van der Waals surface area contributed by atoms with Crippen molar-refractivity contribution in [3.63, 3.8) is 0 Å². The first kappa shape index (κ1) is 11.9. The van der Waals surface area contributed by atoms with Gasteiger partial charge in [-0.1, -0.05) is 0 Å². The van der Waals surface area contributed by atoms with Gasteiger partial charge in [0.15, 0.2) is 6.61 Å². The monoisotopic (exact) mass is 218 g/mol. The maximum absolute atomic E-state index is 12.9. The lowest BCUT2D eigenvalue weighted by Crippen LogP contribution is -2.30. The van der Waals surface area contributed by atoms with Crippen LogP contribution in [0.5, 0.6) is 0 Å². The van der Waals surface area contributed by atoms with Gasteiger partial charge in [0.05, 0.1) is 6.61 Å². The Hall–Kier alpha value is -1.13. The van der Waals surface area contributed by atoms with Crippen LogP contribution in [0.4, 0.5) is 4.39 Å². The van der Waals surface area contributed by atoms with Crippen molar-refractivity contribution in [1.82, 2.24) is 0 Å². The second kappa shape index (κ2) is 4.59. The largest absolute Gasteiger partial charge is 0.463 e. The Labute approximate surface area is 87.7 Å². The van der Waals surface area contributed by atoms with Crippen molar-refractivity contribution in [2.75, 3.05) is 13.2 Å². The summed E-state index contributed by atoms with van der Waals surface area (Å²) in [6.45, 7) is 2.00. The summed E-state index contributed by atoms with van der Waals surface area (Å²) in [5, 5.41) is 0. The smallest absolute Gasteiger partial charge is 0.344 e. The van der Waals surface area contributed by atoms with Gasteiger partial charge in [0, 0.05) is 0 Å². The van der Waals surface area contributed by atoms with E-state index in [0.29, 0.717) is 12.5 Å². The molecule has 0 unspecified atom stereocenters. The standard InChI is InChI=1S/C10H15FO4/c1-10(2,11)9(13)15-6-8(12)14-5-7-3-4-7/h7H,3-6H2,1-2H3. The second-order valence-electron chi connectivity index (χ2n) is 4.17. The fraction of sp³-hybridized carbons (Fsp3) is 0.800. The Morgan fingerprint density at radius 1 is 1.33 bits per heavy atom. The van der Waals surface area contributed by atoms with Gasteiger partial charge in [-0.15, -0.1) is 0 Å². The molecule has 0 aromatic carbocycles. The SMILES string of the molecule is CC(C)(F)C(=O)OCC(=O)OCC1CC1. The third-order valence-electron chi connectivity index (χ3n) is 1.98. The molecule has 0 heterocycles. The van der Waals surface area contributed by atoms with Crippen LogP contribution in [0.15, 0.2) is 0 Å². The van der Waals surface area contributed by atoms with Crippen LogP contribution in [0.25, 0.3) is 0 Å². The molecule has 0 bridgehead atoms. The van der Waals surface area contributed by atoms with E-state index in [1.807, 2.05) is 0 Å². The Morgan fingerprint density at radius 3 is 2.40 bits per heavy atom. The van der Waals surface area contributed by atoms with Crippen molar-refractivity contribution in [3.8, 4) is 0 Å². The molecule has 15 heavy (non-hydrogen) atoms. The minimum absolute atomic E-state index is 0.370. The van der Waals surface area contributed by atoms with Gasteiger partial charge < -0.3 is 9.47 Å². The van der Waals surface area contributed by atoms with Gasteiger partial charge in [-0.25, -0.2) is 14.0 Å². The Morgan fingerprint density at radius 2 is 1.93 bits per heavy atom. The highest BCUT2D eigenvalue weighted by Gasteiger charge is 2.29. The molecule has 0 spiro atoms. The lowest BCUT2D eigenvalue weighted by molar-refractivity contribution is -0.165. The summed E-state index contributed by atoms with van der Waals surface area (Å²) in [7, 11) is 0. The zero-order valence-corrected chi connectivity index (χ0v) is 8.92. The summed E-state index contributed by atoms with van der Waals surface area (Å²) in [4.78, 5) is 21.9. The molecule has 86 valence electrons. The second-order valence-corrected chi connectivity index (χ2v) is 4.17. The number of carbonyl (C=O) groups is 2. The van der Waals surface area contributed by atoms with Crippen LogP contribution in [0.3, 0.4) is 0 Å². The lowest BCUT2D eigenvalue weighted by atomic mass is 10.2. The molecule has 1 saturated carbocycles. The summed E-state index contributed by atoms with van der Waals surface area (Å²) in [6.07, 6.45) is 2.15. The molecule has 0 aromatic heterocycles. The van der Waals surface area contributed by atoms with Gasteiger partial charge in [0.25, 0.3) is 0 Å². The Bertz CT molecular complexity index is 253. The summed E-state index contributed by atoms with van der Waals surface area (Å²) in [5.74, 6) is -1.22. The van der Waals surface area contributed by atoms with Gasteiger partial charge in [-0.2, -0.15) is 0 Å². The predicted octanol–water partition coefficient (Wildman–Crippen LogP) is 1.23. The van der Waals surface area contributed by atoms with Crippen LogP contribution in [0, 0.1) is 5.92 Å². The third kappa shape index (κ3) is 4.76. The molecule has 1 aliphatic carbocycles. The van der Waals surface area contributed by atoms with Crippen LogP contribution in [-0.4, -0.2) is 30.8 Å². The Balaban J connectivity index is 2.12. The lowest BCUT2D eigenvalue weighted by Gasteiger charge is -2.12. The van der Waals surface area contributed by atoms with Gasteiger partial charge >= 0.3 is 11.9 Å². The maximum Gasteiger partial charge on any atom is 0.344 e. The van der Waals surface area contributed by atoms with Crippen molar-refractivity contribution in [1.29, 1.82) is 0 Å². The van der Waals surface area contributed by atoms with E-state index in [1.54, 1.807) is 0 Å². The van der Waals surface area contributed by atoms with Gasteiger partial charge in [-0.05, 0) is 32.6 Å². The average Bonchev–Trinajstić information content (AvgIpc) is 2.92. The van der Waals surface area contributed by atoms with Crippen molar-refractivity contribution >= 4 is 11.9 Å². The van der Waals surface area contributed by atoms with Crippen LogP contribution >= 0.6 is 0 Å². The molecule has 5 heteroatoms. The van der Waals surface area contributed by atoms with E-state index in [4.69, 9.17) is 4.74 Å². The summed E-state index contributed by atoms with van der Waals surface area (Å²) in [6, 6.07) is 0. The zero-order valence-electron chi connectivity index (χ0n) is 8.92.